The van der Waals surface area contributed by atoms with Crippen LogP contribution in [-0.2, 0) is 0 Å². The van der Waals surface area contributed by atoms with Gasteiger partial charge in [0.2, 0.25) is 0 Å². The monoisotopic (exact) mass is 392 g/mol. The van der Waals surface area contributed by atoms with Gasteiger partial charge in [-0.15, -0.1) is 0 Å². The van der Waals surface area contributed by atoms with Crippen LogP contribution in [0.15, 0.2) is 60.7 Å². The summed E-state index contributed by atoms with van der Waals surface area (Å²) < 4.78 is 0. The molecule has 1 saturated heterocycles. The fourth-order valence-electron chi connectivity index (χ4n) is 3.98. The van der Waals surface area contributed by atoms with E-state index in [9.17, 15) is 9.59 Å². The van der Waals surface area contributed by atoms with Crippen molar-refractivity contribution in [2.45, 2.75) is 38.6 Å². The molecular formula is C25H32N2O2. The van der Waals surface area contributed by atoms with E-state index in [0.717, 1.165) is 32.7 Å². The molecule has 4 nitrogen and oxygen atoms in total. The van der Waals surface area contributed by atoms with E-state index in [1.54, 1.807) is 0 Å². The topological polar surface area (TPSA) is 40.6 Å². The normalized spacial score (nSPS) is 16.4. The molecule has 3 rings (SSSR count). The molecule has 0 radical (unpaired) electrons. The summed E-state index contributed by atoms with van der Waals surface area (Å²) in [5.41, 5.74) is 1.36. The van der Waals surface area contributed by atoms with Crippen LogP contribution >= 0.6 is 0 Å². The predicted molar refractivity (Wildman–Crippen MR) is 117 cm³/mol. The Kier molecular flexibility index (Phi) is 8.14. The Balaban J connectivity index is 1.70. The first-order valence-corrected chi connectivity index (χ1v) is 10.8. The second kappa shape index (κ2) is 11.0. The van der Waals surface area contributed by atoms with Gasteiger partial charge >= 0.3 is 0 Å². The first-order chi connectivity index (χ1) is 14.2. The van der Waals surface area contributed by atoms with Gasteiger partial charge in [0, 0.05) is 43.7 Å². The molecule has 2 aromatic carbocycles. The number of ketones is 2. The van der Waals surface area contributed by atoms with Gasteiger partial charge in [-0.1, -0.05) is 80.4 Å². The number of hydrogen-bond donors (Lipinski definition) is 0. The van der Waals surface area contributed by atoms with E-state index in [4.69, 9.17) is 0 Å². The number of hydrogen-bond acceptors (Lipinski definition) is 4. The first kappa shape index (κ1) is 21.4. The number of benzene rings is 2. The third-order valence-corrected chi connectivity index (χ3v) is 5.76. The van der Waals surface area contributed by atoms with Crippen LogP contribution in [0.3, 0.4) is 0 Å². The van der Waals surface area contributed by atoms with Gasteiger partial charge in [0.05, 0.1) is 6.04 Å². The Morgan fingerprint density at radius 3 is 2.00 bits per heavy atom. The molecule has 1 aliphatic rings. The second-order valence-corrected chi connectivity index (χ2v) is 7.82. The highest BCUT2D eigenvalue weighted by molar-refractivity contribution is 6.05. The summed E-state index contributed by atoms with van der Waals surface area (Å²) in [6.07, 6.45) is 3.96. The molecule has 2 aromatic rings. The molecule has 0 spiro atoms. The van der Waals surface area contributed by atoms with Crippen LogP contribution in [0.2, 0.25) is 0 Å². The van der Waals surface area contributed by atoms with Crippen LogP contribution in [0.25, 0.3) is 0 Å². The smallest absolute Gasteiger partial charge is 0.180 e. The maximum absolute atomic E-state index is 13.3. The van der Waals surface area contributed by atoms with Crippen LogP contribution < -0.4 is 0 Å². The average molecular weight is 393 g/mol. The van der Waals surface area contributed by atoms with Crippen molar-refractivity contribution in [1.29, 1.82) is 0 Å². The Morgan fingerprint density at radius 2 is 1.41 bits per heavy atom. The van der Waals surface area contributed by atoms with E-state index in [2.05, 4.69) is 16.7 Å². The molecule has 29 heavy (non-hydrogen) atoms. The van der Waals surface area contributed by atoms with Gasteiger partial charge in [-0.25, -0.2) is 0 Å². The van der Waals surface area contributed by atoms with Crippen LogP contribution in [0.4, 0.5) is 0 Å². The molecule has 0 aliphatic carbocycles. The third kappa shape index (κ3) is 6.09. The summed E-state index contributed by atoms with van der Waals surface area (Å²) in [6.45, 7) is 6.93. The molecule has 0 aromatic heterocycles. The van der Waals surface area contributed by atoms with Crippen LogP contribution in [0.1, 0.15) is 53.3 Å². The number of piperazine rings is 1. The first-order valence-electron chi connectivity index (χ1n) is 10.8. The zero-order chi connectivity index (χ0) is 20.5. The van der Waals surface area contributed by atoms with Crippen LogP contribution in [0, 0.1) is 0 Å². The van der Waals surface area contributed by atoms with Crippen molar-refractivity contribution in [3.63, 3.8) is 0 Å². The van der Waals surface area contributed by atoms with E-state index in [1.807, 2.05) is 60.7 Å². The average Bonchev–Trinajstić information content (AvgIpc) is 2.79. The van der Waals surface area contributed by atoms with Crippen molar-refractivity contribution >= 4 is 11.6 Å². The van der Waals surface area contributed by atoms with E-state index in [-0.39, 0.29) is 18.0 Å². The summed E-state index contributed by atoms with van der Waals surface area (Å²) in [4.78, 5) is 30.9. The maximum atomic E-state index is 13.3. The van der Waals surface area contributed by atoms with Gasteiger partial charge in [-0.2, -0.15) is 0 Å². The number of rotatable bonds is 10. The van der Waals surface area contributed by atoms with E-state index < -0.39 is 6.04 Å². The summed E-state index contributed by atoms with van der Waals surface area (Å²) in [5, 5.41) is 0. The van der Waals surface area contributed by atoms with Crippen LogP contribution in [0.5, 0.6) is 0 Å². The lowest BCUT2D eigenvalue weighted by atomic mass is 9.95. The quantitative estimate of drug-likeness (QED) is 0.446. The van der Waals surface area contributed by atoms with E-state index >= 15 is 0 Å². The Labute approximate surface area is 174 Å². The summed E-state index contributed by atoms with van der Waals surface area (Å²) >= 11 is 0. The third-order valence-electron chi connectivity index (χ3n) is 5.76. The summed E-state index contributed by atoms with van der Waals surface area (Å²) in [6, 6.07) is 18.3. The zero-order valence-corrected chi connectivity index (χ0v) is 17.4. The molecule has 0 saturated carbocycles. The molecule has 1 atom stereocenters. The van der Waals surface area contributed by atoms with Crippen molar-refractivity contribution in [2.75, 3.05) is 32.7 Å². The number of nitrogens with zero attached hydrogens (tertiary/aromatic N) is 2. The standard InChI is InChI=1S/C25H32N2O2/c1-2-3-10-15-26-16-18-27(19-17-26)23(25(29)22-13-8-5-9-14-22)20-24(28)21-11-6-4-7-12-21/h4-9,11-14,23H,2-3,10,15-20H2,1H3/t23-/m0/s1. The highest BCUT2D eigenvalue weighted by Crippen LogP contribution is 2.18. The van der Waals surface area contributed by atoms with Crippen molar-refractivity contribution < 1.29 is 9.59 Å². The van der Waals surface area contributed by atoms with Crippen molar-refractivity contribution in [1.82, 2.24) is 9.80 Å². The van der Waals surface area contributed by atoms with Crippen LogP contribution in [-0.4, -0.2) is 60.1 Å². The fraction of sp³-hybridized carbons (Fsp3) is 0.440. The van der Waals surface area contributed by atoms with Gasteiger partial charge < -0.3 is 4.90 Å². The molecule has 0 N–H and O–H groups in total. The Hall–Kier alpha value is -2.30. The lowest BCUT2D eigenvalue weighted by Crippen LogP contribution is -2.53. The van der Waals surface area contributed by atoms with Crippen molar-refractivity contribution in [3.8, 4) is 0 Å². The number of carbonyl (C=O) groups is 2. The Bertz CT molecular complexity index is 768. The molecule has 4 heteroatoms. The molecule has 1 aliphatic heterocycles. The minimum absolute atomic E-state index is 0.0326. The van der Waals surface area contributed by atoms with Crippen molar-refractivity contribution in [2.24, 2.45) is 0 Å². The molecule has 1 heterocycles. The lowest BCUT2D eigenvalue weighted by Gasteiger charge is -2.38. The van der Waals surface area contributed by atoms with Gasteiger partial charge in [0.25, 0.3) is 0 Å². The molecule has 0 unspecified atom stereocenters. The molecule has 0 amide bonds. The van der Waals surface area contributed by atoms with Gasteiger partial charge in [0.15, 0.2) is 11.6 Å². The number of Topliss-reactive ketones (excluding diaryl/α,β-unsaturated/α-hetero) is 2. The minimum atomic E-state index is -0.400. The number of carbonyl (C=O) groups excluding carboxylic acids is 2. The predicted octanol–water partition coefficient (Wildman–Crippen LogP) is 4.32. The maximum Gasteiger partial charge on any atom is 0.180 e. The van der Waals surface area contributed by atoms with Crippen molar-refractivity contribution in [3.05, 3.63) is 71.8 Å². The van der Waals surface area contributed by atoms with E-state index in [0.29, 0.717) is 11.1 Å². The van der Waals surface area contributed by atoms with E-state index in [1.165, 1.54) is 19.3 Å². The highest BCUT2D eigenvalue weighted by Gasteiger charge is 2.31. The fourth-order valence-corrected chi connectivity index (χ4v) is 3.98. The Morgan fingerprint density at radius 1 is 0.828 bits per heavy atom. The van der Waals surface area contributed by atoms with Gasteiger partial charge in [0.1, 0.15) is 0 Å². The molecule has 154 valence electrons. The molecular weight excluding hydrogens is 360 g/mol. The minimum Gasteiger partial charge on any atom is -0.301 e. The molecule has 0 bridgehead atoms. The molecule has 1 fully saturated rings. The number of unbranched alkanes of at least 4 members (excludes halogenated alkanes) is 2. The largest absolute Gasteiger partial charge is 0.301 e. The highest BCUT2D eigenvalue weighted by atomic mass is 16.1. The summed E-state index contributed by atoms with van der Waals surface area (Å²) in [7, 11) is 0. The second-order valence-electron chi connectivity index (χ2n) is 7.82. The SMILES string of the molecule is CCCCCN1CCN([C@@H](CC(=O)c2ccccc2)C(=O)c2ccccc2)CC1. The lowest BCUT2D eigenvalue weighted by molar-refractivity contribution is 0.0608. The zero-order valence-electron chi connectivity index (χ0n) is 17.4. The van der Waals surface area contributed by atoms with Gasteiger partial charge in [-0.3, -0.25) is 14.5 Å². The summed E-state index contributed by atoms with van der Waals surface area (Å²) in [5.74, 6) is 0.0829. The van der Waals surface area contributed by atoms with Gasteiger partial charge in [-0.05, 0) is 13.0 Å².